The molecule has 11 nitrogen and oxygen atoms in total. The van der Waals surface area contributed by atoms with Gasteiger partial charge in [-0.05, 0) is 157 Å². The van der Waals surface area contributed by atoms with Gasteiger partial charge >= 0.3 is 5.97 Å². The van der Waals surface area contributed by atoms with Gasteiger partial charge in [0.15, 0.2) is 11.6 Å². The molecule has 0 saturated carbocycles. The number of benzene rings is 4. The smallest absolute Gasteiger partial charge is 0.335 e. The molecule has 276 valence electrons. The average molecular weight is 943 g/mol. The van der Waals surface area contributed by atoms with Crippen LogP contribution in [0, 0.1) is 7.14 Å². The van der Waals surface area contributed by atoms with Crippen LogP contribution < -0.4 is 31.2 Å². The van der Waals surface area contributed by atoms with E-state index in [1.165, 1.54) is 0 Å². The molecule has 0 radical (unpaired) electrons. The highest BCUT2D eigenvalue weighted by Gasteiger charge is 2.21. The number of carbonyl (C=O) groups excluding carboxylic acids is 3. The van der Waals surface area contributed by atoms with Crippen LogP contribution in [0.3, 0.4) is 0 Å². The Morgan fingerprint density at radius 3 is 1.49 bits per heavy atom. The second kappa shape index (κ2) is 19.3. The fourth-order valence-electron chi connectivity index (χ4n) is 5.19. The number of allylic oxidation sites excluding steroid dienone is 4. The van der Waals surface area contributed by atoms with Crippen molar-refractivity contribution in [2.24, 2.45) is 0 Å². The van der Waals surface area contributed by atoms with Gasteiger partial charge in [0.2, 0.25) is 0 Å². The molecule has 6 N–H and O–H groups in total. The minimum atomic E-state index is -0.939. The van der Waals surface area contributed by atoms with Crippen LogP contribution in [0.15, 0.2) is 107 Å². The fourth-order valence-corrected chi connectivity index (χ4v) is 6.49. The number of methoxy groups -OCH3 is 2. The van der Waals surface area contributed by atoms with Gasteiger partial charge < -0.3 is 36.3 Å². The zero-order chi connectivity index (χ0) is 38.7. The highest BCUT2D eigenvalue weighted by Crippen LogP contribution is 2.29. The number of carbonyl (C=O) groups is 4. The third kappa shape index (κ3) is 11.5. The number of hydrogen-bond donors (Lipinski definition) is 5. The van der Waals surface area contributed by atoms with Gasteiger partial charge in [-0.15, -0.1) is 0 Å². The number of nitrogens with one attached hydrogen (secondary N) is 3. The minimum Gasteiger partial charge on any atom is -0.497 e. The van der Waals surface area contributed by atoms with Crippen LogP contribution in [-0.4, -0.2) is 42.8 Å². The van der Waals surface area contributed by atoms with Gasteiger partial charge in [-0.25, -0.2) is 4.79 Å². The molecule has 13 heteroatoms. The summed E-state index contributed by atoms with van der Waals surface area (Å²) in [6.07, 6.45) is 2.58. The van der Waals surface area contributed by atoms with E-state index in [4.69, 9.17) is 20.3 Å². The average Bonchev–Trinajstić information content (AvgIpc) is 3.64. The SMILES string of the molecule is CC1=C(Nc2ccc(C(=O)O)cc2I)CCC1=O.COc1ccc(N)cc1.COc1ccc(NC(=O)c2ccc(NC3=C(C)C(=O)CC3)c(I)c2)cc1. The maximum atomic E-state index is 12.5. The van der Waals surface area contributed by atoms with Crippen LogP contribution in [0.25, 0.3) is 0 Å². The summed E-state index contributed by atoms with van der Waals surface area (Å²) in [7, 11) is 3.23. The van der Waals surface area contributed by atoms with Gasteiger partial charge in [-0.1, -0.05) is 0 Å². The normalized spacial score (nSPS) is 13.4. The molecule has 0 saturated heterocycles. The Hall–Kier alpha value is -4.90. The lowest BCUT2D eigenvalue weighted by Gasteiger charge is -2.12. The molecule has 0 unspecified atom stereocenters. The standard InChI is InChI=1S/C20H19IN2O3.C13H12INO3.C7H9NO/c1-12-17(9-10-19(12)24)23-18-8-3-13(11-16(18)21)20(25)22-14-4-6-15(26-2)7-5-14;1-7-10(4-5-12(7)16)15-11-3-2-8(13(17)18)6-9(11)14;1-9-7-4-2-6(8)3-5-7/h3-8,11,23H,9-10H2,1-2H3,(H,22,25);2-3,6,15H,4-5H2,1H3,(H,17,18);2-5H,8H2,1H3. The van der Waals surface area contributed by atoms with Gasteiger partial charge in [0, 0.05) is 59.5 Å². The molecular weight excluding hydrogens is 902 g/mol. The number of carboxylic acid groups (broad SMARTS) is 1. The summed E-state index contributed by atoms with van der Waals surface area (Å²) in [6, 6.07) is 24.8. The lowest BCUT2D eigenvalue weighted by Crippen LogP contribution is -2.12. The maximum Gasteiger partial charge on any atom is 0.335 e. The largest absolute Gasteiger partial charge is 0.497 e. The minimum absolute atomic E-state index is 0.175. The molecule has 0 heterocycles. The van der Waals surface area contributed by atoms with E-state index in [9.17, 15) is 19.2 Å². The lowest BCUT2D eigenvalue weighted by molar-refractivity contribution is -0.115. The van der Waals surface area contributed by atoms with Crippen molar-refractivity contribution in [3.8, 4) is 11.5 Å². The quantitative estimate of drug-likeness (QED) is 0.0807. The Labute approximate surface area is 335 Å². The molecule has 0 fully saturated rings. The number of hydrogen-bond acceptors (Lipinski definition) is 9. The van der Waals surface area contributed by atoms with E-state index in [0.717, 1.165) is 71.1 Å². The molecule has 2 aliphatic rings. The monoisotopic (exact) mass is 942 g/mol. The van der Waals surface area contributed by atoms with Crippen molar-refractivity contribution in [3.05, 3.63) is 126 Å². The van der Waals surface area contributed by atoms with Crippen molar-refractivity contribution in [3.63, 3.8) is 0 Å². The summed E-state index contributed by atoms with van der Waals surface area (Å²) >= 11 is 4.28. The molecule has 0 bridgehead atoms. The number of Topliss-reactive ketones (excluding diaryl/α,β-unsaturated/α-hetero) is 2. The Balaban J connectivity index is 0.000000200. The molecule has 4 aromatic carbocycles. The van der Waals surface area contributed by atoms with Crippen molar-refractivity contribution >= 4 is 91.4 Å². The van der Waals surface area contributed by atoms with Crippen LogP contribution in [0.1, 0.15) is 60.2 Å². The first-order valence-electron chi connectivity index (χ1n) is 16.5. The number of halogens is 2. The number of anilines is 4. The molecule has 53 heavy (non-hydrogen) atoms. The number of amides is 1. The Morgan fingerprint density at radius 1 is 0.660 bits per heavy atom. The third-order valence-corrected chi connectivity index (χ3v) is 10.2. The van der Waals surface area contributed by atoms with E-state index in [1.807, 2.05) is 38.1 Å². The van der Waals surface area contributed by atoms with E-state index in [1.54, 1.807) is 74.9 Å². The van der Waals surface area contributed by atoms with Gasteiger partial charge in [0.05, 0.1) is 31.2 Å². The van der Waals surface area contributed by atoms with Gasteiger partial charge in [0.25, 0.3) is 5.91 Å². The van der Waals surface area contributed by atoms with Crippen LogP contribution in [0.4, 0.5) is 22.7 Å². The van der Waals surface area contributed by atoms with Gasteiger partial charge in [-0.2, -0.15) is 0 Å². The molecule has 0 atom stereocenters. The van der Waals surface area contributed by atoms with Crippen LogP contribution in [0.2, 0.25) is 0 Å². The second-order valence-corrected chi connectivity index (χ2v) is 14.3. The first-order valence-corrected chi connectivity index (χ1v) is 18.6. The van der Waals surface area contributed by atoms with Crippen molar-refractivity contribution in [1.29, 1.82) is 0 Å². The number of ether oxygens (including phenoxy) is 2. The van der Waals surface area contributed by atoms with E-state index in [2.05, 4.69) is 61.1 Å². The number of nitrogens with two attached hydrogens (primary N) is 1. The molecule has 6 rings (SSSR count). The summed E-state index contributed by atoms with van der Waals surface area (Å²) in [5, 5.41) is 18.3. The van der Waals surface area contributed by atoms with E-state index in [0.29, 0.717) is 24.1 Å². The van der Waals surface area contributed by atoms with Gasteiger partial charge in [-0.3, -0.25) is 14.4 Å². The van der Waals surface area contributed by atoms with Crippen LogP contribution in [0.5, 0.6) is 11.5 Å². The zero-order valence-electron chi connectivity index (χ0n) is 29.6. The van der Waals surface area contributed by atoms with Crippen molar-refractivity contribution in [1.82, 2.24) is 0 Å². The van der Waals surface area contributed by atoms with E-state index in [-0.39, 0.29) is 23.0 Å². The summed E-state index contributed by atoms with van der Waals surface area (Å²) in [4.78, 5) is 46.4. The first-order chi connectivity index (χ1) is 25.3. The highest BCUT2D eigenvalue weighted by atomic mass is 127. The molecule has 0 aromatic heterocycles. The molecule has 0 spiro atoms. The summed E-state index contributed by atoms with van der Waals surface area (Å²) < 4.78 is 11.8. The molecule has 2 aliphatic carbocycles. The number of nitrogen functional groups attached to an aromatic ring is 1. The summed E-state index contributed by atoms with van der Waals surface area (Å²) in [5.74, 6) is 0.830. The molecule has 1 amide bonds. The van der Waals surface area contributed by atoms with Crippen LogP contribution in [-0.2, 0) is 9.59 Å². The lowest BCUT2D eigenvalue weighted by atomic mass is 10.1. The maximum absolute atomic E-state index is 12.5. The zero-order valence-corrected chi connectivity index (χ0v) is 34.0. The highest BCUT2D eigenvalue weighted by molar-refractivity contribution is 14.1. The number of carboxylic acids is 1. The topological polar surface area (TPSA) is 169 Å². The summed E-state index contributed by atoms with van der Waals surface area (Å²) in [5.41, 5.74) is 12.9. The number of rotatable bonds is 9. The van der Waals surface area contributed by atoms with Crippen molar-refractivity contribution in [2.45, 2.75) is 39.5 Å². The number of aromatic carboxylic acids is 1. The summed E-state index contributed by atoms with van der Waals surface area (Å²) in [6.45, 7) is 3.66. The predicted molar refractivity (Wildman–Crippen MR) is 225 cm³/mol. The van der Waals surface area contributed by atoms with Crippen molar-refractivity contribution < 1.29 is 33.8 Å². The second-order valence-electron chi connectivity index (χ2n) is 12.0. The molecule has 0 aliphatic heterocycles. The Morgan fingerprint density at radius 2 is 1.09 bits per heavy atom. The Kier molecular flexibility index (Phi) is 14.8. The predicted octanol–water partition coefficient (Wildman–Crippen LogP) is 8.92. The fraction of sp³-hybridized carbons (Fsp3) is 0.200. The number of ketones is 2. The first kappa shape index (κ1) is 40.9. The van der Waals surface area contributed by atoms with E-state index >= 15 is 0 Å². The van der Waals surface area contributed by atoms with Crippen molar-refractivity contribution in [2.75, 3.05) is 35.9 Å². The third-order valence-electron chi connectivity index (χ3n) is 8.43. The van der Waals surface area contributed by atoms with Gasteiger partial charge in [0.1, 0.15) is 11.5 Å². The van der Waals surface area contributed by atoms with E-state index < -0.39 is 5.97 Å². The Bertz CT molecular complexity index is 2060. The molecule has 4 aromatic rings. The van der Waals surface area contributed by atoms with Crippen LogP contribution >= 0.6 is 45.2 Å². The molecular formula is C40H40I2N4O7.